The van der Waals surface area contributed by atoms with Crippen LogP contribution in [-0.4, -0.2) is 38.3 Å². The van der Waals surface area contributed by atoms with Crippen LogP contribution in [0.3, 0.4) is 0 Å². The summed E-state index contributed by atoms with van der Waals surface area (Å²) in [5.41, 5.74) is 1.50. The van der Waals surface area contributed by atoms with Gasteiger partial charge in [-0.1, -0.05) is 37.3 Å². The molecule has 1 unspecified atom stereocenters. The first-order valence-electron chi connectivity index (χ1n) is 9.60. The number of hydrogen-bond acceptors (Lipinski definition) is 0. The highest BCUT2D eigenvalue weighted by Crippen LogP contribution is 2.09. The molecule has 0 amide bonds. The van der Waals surface area contributed by atoms with Gasteiger partial charge in [0.1, 0.15) is 0 Å². The number of piperidine rings is 2. The maximum Gasteiger partial charge on any atom is 0.0985 e. The lowest BCUT2D eigenvalue weighted by Crippen LogP contribution is -3.23. The zero-order valence-corrected chi connectivity index (χ0v) is 14.3. The summed E-state index contributed by atoms with van der Waals surface area (Å²) in [4.78, 5) is 3.81. The van der Waals surface area contributed by atoms with Crippen molar-refractivity contribution in [3.8, 4) is 0 Å². The Hall–Kier alpha value is -0.860. The Morgan fingerprint density at radius 1 is 0.955 bits per heavy atom. The fourth-order valence-electron chi connectivity index (χ4n) is 4.73. The van der Waals surface area contributed by atoms with Crippen LogP contribution in [-0.2, 0) is 6.42 Å². The fourth-order valence-corrected chi connectivity index (χ4v) is 4.73. The van der Waals surface area contributed by atoms with Crippen LogP contribution in [0.25, 0.3) is 0 Å². The van der Waals surface area contributed by atoms with Crippen molar-refractivity contribution in [3.05, 3.63) is 35.9 Å². The molecule has 2 saturated heterocycles. The molecule has 2 heteroatoms. The molecule has 2 heterocycles. The van der Waals surface area contributed by atoms with E-state index in [0.717, 1.165) is 12.1 Å². The summed E-state index contributed by atoms with van der Waals surface area (Å²) >= 11 is 0. The third-order valence-corrected chi connectivity index (χ3v) is 6.11. The topological polar surface area (TPSA) is 8.88 Å². The van der Waals surface area contributed by atoms with E-state index >= 15 is 0 Å². The van der Waals surface area contributed by atoms with E-state index in [2.05, 4.69) is 37.3 Å². The van der Waals surface area contributed by atoms with Crippen molar-refractivity contribution in [2.75, 3.05) is 26.2 Å². The second-order valence-electron chi connectivity index (χ2n) is 7.44. The van der Waals surface area contributed by atoms with Crippen molar-refractivity contribution in [3.63, 3.8) is 0 Å². The van der Waals surface area contributed by atoms with Gasteiger partial charge in [0.25, 0.3) is 0 Å². The van der Waals surface area contributed by atoms with Crippen molar-refractivity contribution in [2.45, 2.75) is 64.0 Å². The molecule has 1 aromatic rings. The van der Waals surface area contributed by atoms with Gasteiger partial charge < -0.3 is 9.80 Å². The van der Waals surface area contributed by atoms with Crippen LogP contribution in [0.2, 0.25) is 0 Å². The molecule has 2 nitrogen and oxygen atoms in total. The quantitative estimate of drug-likeness (QED) is 0.807. The number of likely N-dealkylation sites (tertiary alicyclic amines) is 2. The Balaban J connectivity index is 1.44. The molecule has 122 valence electrons. The smallest absolute Gasteiger partial charge is 0.0985 e. The molecular formula is C20H34N2+2. The van der Waals surface area contributed by atoms with E-state index in [1.54, 1.807) is 0 Å². The largest absolute Gasteiger partial charge is 0.334 e. The van der Waals surface area contributed by atoms with E-state index in [4.69, 9.17) is 0 Å². The first-order chi connectivity index (χ1) is 10.9. The summed E-state index contributed by atoms with van der Waals surface area (Å²) in [6, 6.07) is 12.9. The molecule has 0 spiro atoms. The molecule has 2 atom stereocenters. The Morgan fingerprint density at radius 2 is 1.73 bits per heavy atom. The normalized spacial score (nSPS) is 32.8. The zero-order valence-electron chi connectivity index (χ0n) is 14.3. The summed E-state index contributed by atoms with van der Waals surface area (Å²) in [5, 5.41) is 0. The Labute approximate surface area is 136 Å². The molecular weight excluding hydrogens is 268 g/mol. The van der Waals surface area contributed by atoms with Crippen molar-refractivity contribution in [2.24, 2.45) is 0 Å². The van der Waals surface area contributed by atoms with Gasteiger partial charge in [0.15, 0.2) is 0 Å². The molecule has 3 rings (SSSR count). The predicted octanol–water partition coefficient (Wildman–Crippen LogP) is 1.12. The standard InChI is InChI=1S/C20H32N2/c1-2-19-10-6-7-14-22(19)20-12-16-21(17-13-20)15-11-18-8-4-3-5-9-18/h3-5,8-9,19-20H,2,6-7,10-17H2,1H3/p+2/t19-/m0/s1. The minimum atomic E-state index is 0.963. The van der Waals surface area contributed by atoms with E-state index in [1.165, 1.54) is 76.7 Å². The fraction of sp³-hybridized carbons (Fsp3) is 0.700. The van der Waals surface area contributed by atoms with E-state index in [0.29, 0.717) is 0 Å². The third-order valence-electron chi connectivity index (χ3n) is 6.11. The highest BCUT2D eigenvalue weighted by atomic mass is 15.2. The average Bonchev–Trinajstić information content (AvgIpc) is 2.61. The van der Waals surface area contributed by atoms with Gasteiger partial charge in [0, 0.05) is 19.3 Å². The zero-order chi connectivity index (χ0) is 15.2. The van der Waals surface area contributed by atoms with Gasteiger partial charge in [-0.25, -0.2) is 0 Å². The van der Waals surface area contributed by atoms with Gasteiger partial charge in [-0.3, -0.25) is 0 Å². The summed E-state index contributed by atoms with van der Waals surface area (Å²) in [7, 11) is 0. The lowest BCUT2D eigenvalue weighted by Gasteiger charge is -2.40. The number of benzene rings is 1. The highest BCUT2D eigenvalue weighted by Gasteiger charge is 2.35. The second-order valence-corrected chi connectivity index (χ2v) is 7.44. The lowest BCUT2D eigenvalue weighted by molar-refractivity contribution is -0.977. The molecule has 2 N–H and O–H groups in total. The molecule has 0 aliphatic carbocycles. The number of rotatable bonds is 5. The van der Waals surface area contributed by atoms with Crippen LogP contribution in [0, 0.1) is 0 Å². The Bertz CT molecular complexity index is 423. The van der Waals surface area contributed by atoms with Gasteiger partial charge in [0.05, 0.1) is 38.3 Å². The minimum Gasteiger partial charge on any atom is -0.334 e. The van der Waals surface area contributed by atoms with Gasteiger partial charge in [0.2, 0.25) is 0 Å². The van der Waals surface area contributed by atoms with Gasteiger partial charge in [-0.15, -0.1) is 0 Å². The number of quaternary nitrogens is 2. The Kier molecular flexibility index (Phi) is 5.91. The summed E-state index contributed by atoms with van der Waals surface area (Å²) in [5.74, 6) is 0. The van der Waals surface area contributed by atoms with E-state index in [1.807, 2.05) is 9.80 Å². The third kappa shape index (κ3) is 4.11. The van der Waals surface area contributed by atoms with Crippen LogP contribution in [0.5, 0.6) is 0 Å². The number of nitrogens with one attached hydrogen (secondary N) is 2. The van der Waals surface area contributed by atoms with Crippen LogP contribution in [0.15, 0.2) is 30.3 Å². The average molecular weight is 303 g/mol. The second kappa shape index (κ2) is 8.12. The Morgan fingerprint density at radius 3 is 2.45 bits per heavy atom. The molecule has 2 aliphatic rings. The maximum absolute atomic E-state index is 2.40. The predicted molar refractivity (Wildman–Crippen MR) is 92.5 cm³/mol. The molecule has 0 saturated carbocycles. The first kappa shape index (κ1) is 16.0. The summed E-state index contributed by atoms with van der Waals surface area (Å²) in [6.45, 7) is 7.97. The molecule has 0 radical (unpaired) electrons. The number of hydrogen-bond donors (Lipinski definition) is 2. The van der Waals surface area contributed by atoms with E-state index in [-0.39, 0.29) is 0 Å². The summed E-state index contributed by atoms with van der Waals surface area (Å²) in [6.07, 6.45) is 9.96. The first-order valence-corrected chi connectivity index (χ1v) is 9.60. The molecule has 2 aliphatic heterocycles. The summed E-state index contributed by atoms with van der Waals surface area (Å²) < 4.78 is 0. The molecule has 1 aromatic carbocycles. The minimum absolute atomic E-state index is 0.963. The monoisotopic (exact) mass is 302 g/mol. The highest BCUT2D eigenvalue weighted by molar-refractivity contribution is 5.14. The van der Waals surface area contributed by atoms with E-state index in [9.17, 15) is 0 Å². The van der Waals surface area contributed by atoms with Crippen molar-refractivity contribution >= 4 is 0 Å². The lowest BCUT2D eigenvalue weighted by atomic mass is 9.93. The van der Waals surface area contributed by atoms with Crippen molar-refractivity contribution in [1.82, 2.24) is 0 Å². The van der Waals surface area contributed by atoms with E-state index < -0.39 is 0 Å². The van der Waals surface area contributed by atoms with Crippen molar-refractivity contribution in [1.29, 1.82) is 0 Å². The van der Waals surface area contributed by atoms with Crippen LogP contribution in [0.1, 0.15) is 51.0 Å². The van der Waals surface area contributed by atoms with Crippen LogP contribution >= 0.6 is 0 Å². The van der Waals surface area contributed by atoms with Gasteiger partial charge in [-0.05, 0) is 31.2 Å². The maximum atomic E-state index is 2.40. The van der Waals surface area contributed by atoms with Crippen LogP contribution in [0.4, 0.5) is 0 Å². The molecule has 2 fully saturated rings. The molecule has 0 bridgehead atoms. The molecule has 22 heavy (non-hydrogen) atoms. The van der Waals surface area contributed by atoms with Gasteiger partial charge in [-0.2, -0.15) is 0 Å². The SMILES string of the molecule is CC[C@H]1CCCC[NH+]1C1CC[NH+](CCc2ccccc2)CC1. The van der Waals surface area contributed by atoms with Crippen LogP contribution < -0.4 is 9.80 Å². The van der Waals surface area contributed by atoms with Crippen molar-refractivity contribution < 1.29 is 9.80 Å². The van der Waals surface area contributed by atoms with Gasteiger partial charge >= 0.3 is 0 Å². The molecule has 0 aromatic heterocycles.